The third kappa shape index (κ3) is 6.38. The molecule has 0 unspecified atom stereocenters. The zero-order valence-electron chi connectivity index (χ0n) is 9.02. The van der Waals surface area contributed by atoms with Crippen molar-refractivity contribution < 1.29 is 64.3 Å². The molecule has 17 heavy (non-hydrogen) atoms. The summed E-state index contributed by atoms with van der Waals surface area (Å²) in [7, 11) is 0. The Kier molecular flexibility index (Phi) is 8.48. The van der Waals surface area contributed by atoms with Gasteiger partial charge < -0.3 is 12.9 Å². The third-order valence-electron chi connectivity index (χ3n) is 1.77. The van der Waals surface area contributed by atoms with E-state index in [-0.39, 0.29) is 57.1 Å². The summed E-state index contributed by atoms with van der Waals surface area (Å²) in [5.74, 6) is -0.233. The van der Waals surface area contributed by atoms with E-state index >= 15 is 0 Å². The molecule has 0 saturated heterocycles. The predicted molar refractivity (Wildman–Crippen MR) is 65.4 cm³/mol. The van der Waals surface area contributed by atoms with Crippen LogP contribution in [0.1, 0.15) is 0 Å². The zero-order valence-corrected chi connectivity index (χ0v) is 14.5. The molecule has 0 fully saturated rings. The SMILES string of the molecule is C=C(CSc1cc(Cl)ccc1Cl)[B-](F)(F)F.[K+]. The molecule has 8 heteroatoms. The van der Waals surface area contributed by atoms with Gasteiger partial charge in [0, 0.05) is 9.92 Å². The van der Waals surface area contributed by atoms with E-state index < -0.39 is 12.4 Å². The van der Waals surface area contributed by atoms with Crippen molar-refractivity contribution in [3.63, 3.8) is 0 Å². The van der Waals surface area contributed by atoms with Gasteiger partial charge in [-0.3, -0.25) is 0 Å². The number of hydrogen-bond donors (Lipinski definition) is 0. The Morgan fingerprint density at radius 2 is 1.88 bits per heavy atom. The smallest absolute Gasteiger partial charge is 0.445 e. The van der Waals surface area contributed by atoms with Crippen molar-refractivity contribution in [3.05, 3.63) is 40.3 Å². The van der Waals surface area contributed by atoms with E-state index in [1.807, 2.05) is 0 Å². The van der Waals surface area contributed by atoms with E-state index in [4.69, 9.17) is 23.2 Å². The van der Waals surface area contributed by atoms with Gasteiger partial charge in [0.15, 0.2) is 0 Å². The summed E-state index contributed by atoms with van der Waals surface area (Å²) >= 11 is 12.5. The van der Waals surface area contributed by atoms with Crippen molar-refractivity contribution in [3.8, 4) is 0 Å². The first kappa shape index (κ1) is 18.4. The van der Waals surface area contributed by atoms with Crippen LogP contribution in [-0.4, -0.2) is 12.7 Å². The van der Waals surface area contributed by atoms with Crippen LogP contribution in [0.25, 0.3) is 0 Å². The first-order valence-corrected chi connectivity index (χ1v) is 6.00. The molecule has 0 atom stereocenters. The molecule has 0 N–H and O–H groups in total. The largest absolute Gasteiger partial charge is 1.00 e. The van der Waals surface area contributed by atoms with Gasteiger partial charge in [0.05, 0.1) is 5.02 Å². The number of benzene rings is 1. The molecule has 1 aromatic carbocycles. The number of thioether (sulfide) groups is 1. The van der Waals surface area contributed by atoms with Crippen LogP contribution in [-0.2, 0) is 0 Å². The second kappa shape index (κ2) is 7.85. The molecule has 0 spiro atoms. The van der Waals surface area contributed by atoms with Gasteiger partial charge in [0.1, 0.15) is 0 Å². The van der Waals surface area contributed by atoms with Crippen LogP contribution >= 0.6 is 35.0 Å². The van der Waals surface area contributed by atoms with Gasteiger partial charge in [0.25, 0.3) is 0 Å². The molecule has 0 aromatic heterocycles. The van der Waals surface area contributed by atoms with Gasteiger partial charge in [-0.15, -0.1) is 23.8 Å². The van der Waals surface area contributed by atoms with Crippen molar-refractivity contribution in [1.29, 1.82) is 0 Å². The molecule has 0 saturated carbocycles. The molecule has 0 aliphatic rings. The molecular formula is C9H7BCl2F3KS. The van der Waals surface area contributed by atoms with Gasteiger partial charge in [-0.2, -0.15) is 0 Å². The van der Waals surface area contributed by atoms with E-state index in [1.54, 1.807) is 12.1 Å². The van der Waals surface area contributed by atoms with Crippen molar-refractivity contribution in [2.24, 2.45) is 0 Å². The molecule has 1 rings (SSSR count). The topological polar surface area (TPSA) is 0 Å². The second-order valence-corrected chi connectivity index (χ2v) is 4.96. The molecule has 1 aromatic rings. The summed E-state index contributed by atoms with van der Waals surface area (Å²) in [6, 6.07) is 4.66. The minimum atomic E-state index is -4.98. The maximum atomic E-state index is 12.2. The Bertz CT molecular complexity index is 412. The van der Waals surface area contributed by atoms with Crippen molar-refractivity contribution >= 4 is 41.9 Å². The monoisotopic (exact) mass is 324 g/mol. The Hall–Kier alpha value is 1.38. The first-order valence-electron chi connectivity index (χ1n) is 4.26. The van der Waals surface area contributed by atoms with Crippen LogP contribution in [0.5, 0.6) is 0 Å². The van der Waals surface area contributed by atoms with Crippen molar-refractivity contribution in [2.75, 3.05) is 5.75 Å². The molecule has 0 heterocycles. The van der Waals surface area contributed by atoms with E-state index in [0.29, 0.717) is 14.9 Å². The zero-order chi connectivity index (χ0) is 12.3. The fourth-order valence-corrected chi connectivity index (χ4v) is 2.32. The Balaban J connectivity index is 0.00000256. The number of halogens is 5. The molecule has 0 amide bonds. The third-order valence-corrected chi connectivity index (χ3v) is 3.61. The number of hydrogen-bond acceptors (Lipinski definition) is 1. The summed E-state index contributed by atoms with van der Waals surface area (Å²) in [5.41, 5.74) is -0.735. The maximum Gasteiger partial charge on any atom is 1.00 e. The van der Waals surface area contributed by atoms with Crippen molar-refractivity contribution in [1.82, 2.24) is 0 Å². The Labute approximate surface area is 155 Å². The normalized spacial score (nSPS) is 10.9. The summed E-state index contributed by atoms with van der Waals surface area (Å²) in [4.78, 5) is 0.523. The Morgan fingerprint density at radius 3 is 2.41 bits per heavy atom. The fraction of sp³-hybridized carbons (Fsp3) is 0.111. The summed E-state index contributed by atoms with van der Waals surface area (Å²) in [6.07, 6.45) is 0. The van der Waals surface area contributed by atoms with E-state index in [0.717, 1.165) is 11.8 Å². The summed E-state index contributed by atoms with van der Waals surface area (Å²) < 4.78 is 36.7. The molecule has 88 valence electrons. The van der Waals surface area contributed by atoms with E-state index in [9.17, 15) is 12.9 Å². The van der Waals surface area contributed by atoms with Crippen LogP contribution in [0.15, 0.2) is 35.1 Å². The molecule has 0 aliphatic heterocycles. The average molecular weight is 325 g/mol. The molecule has 0 bridgehead atoms. The van der Waals surface area contributed by atoms with Crippen LogP contribution in [0.4, 0.5) is 12.9 Å². The fourth-order valence-electron chi connectivity index (χ4n) is 0.853. The average Bonchev–Trinajstić information content (AvgIpc) is 2.17. The van der Waals surface area contributed by atoms with Crippen LogP contribution < -0.4 is 51.4 Å². The van der Waals surface area contributed by atoms with Gasteiger partial charge >= 0.3 is 58.4 Å². The first-order chi connectivity index (χ1) is 7.30. The molecular weight excluding hydrogens is 318 g/mol. The standard InChI is InChI=1S/C9H7BCl2F3S.K/c1-6(10(13,14)15)5-16-9-4-7(11)2-3-8(9)12;/h2-4H,1,5H2;/q-1;+1. The molecule has 0 radical (unpaired) electrons. The maximum absolute atomic E-state index is 12.2. The van der Waals surface area contributed by atoms with E-state index in [1.165, 1.54) is 6.07 Å². The minimum Gasteiger partial charge on any atom is -0.445 e. The van der Waals surface area contributed by atoms with Gasteiger partial charge in [0.2, 0.25) is 0 Å². The molecule has 0 nitrogen and oxygen atoms in total. The van der Waals surface area contributed by atoms with Crippen LogP contribution in [0.3, 0.4) is 0 Å². The number of rotatable bonds is 4. The predicted octanol–water partition coefficient (Wildman–Crippen LogP) is 2.03. The minimum absolute atomic E-state index is 0. The van der Waals surface area contributed by atoms with Crippen molar-refractivity contribution in [2.45, 2.75) is 4.90 Å². The van der Waals surface area contributed by atoms with E-state index in [2.05, 4.69) is 6.58 Å². The summed E-state index contributed by atoms with van der Waals surface area (Å²) in [6.45, 7) is -1.98. The van der Waals surface area contributed by atoms with Gasteiger partial charge in [-0.1, -0.05) is 23.2 Å². The second-order valence-electron chi connectivity index (χ2n) is 3.10. The van der Waals surface area contributed by atoms with Gasteiger partial charge in [-0.25, -0.2) is 0 Å². The van der Waals surface area contributed by atoms with Crippen LogP contribution in [0, 0.1) is 0 Å². The Morgan fingerprint density at radius 1 is 1.29 bits per heavy atom. The summed E-state index contributed by atoms with van der Waals surface area (Å²) in [5, 5.41) is 0.826. The quantitative estimate of drug-likeness (QED) is 0.603. The van der Waals surface area contributed by atoms with Crippen LogP contribution in [0.2, 0.25) is 10.0 Å². The van der Waals surface area contributed by atoms with Gasteiger partial charge in [-0.05, 0) is 24.0 Å². The molecule has 0 aliphatic carbocycles.